The molecular weight excluding hydrogens is 234 g/mol. The molecule has 0 amide bonds. The van der Waals surface area contributed by atoms with Crippen LogP contribution in [-0.4, -0.2) is 15.8 Å². The highest BCUT2D eigenvalue weighted by Gasteiger charge is 2.10. The van der Waals surface area contributed by atoms with Gasteiger partial charge in [0, 0.05) is 11.7 Å². The lowest BCUT2D eigenvalue weighted by atomic mass is 10.0. The molecule has 0 bridgehead atoms. The van der Waals surface area contributed by atoms with Gasteiger partial charge in [0.1, 0.15) is 0 Å². The molecule has 0 spiro atoms. The van der Waals surface area contributed by atoms with Gasteiger partial charge in [0.15, 0.2) is 0 Å². The Labute approximate surface area is 115 Å². The summed E-state index contributed by atoms with van der Waals surface area (Å²) in [7, 11) is 0. The summed E-state index contributed by atoms with van der Waals surface area (Å²) in [6.07, 6.45) is 0.919. The SMILES string of the molecule is Cc1cc(-n2nc(C)c(C)c2C)ccc1CC(C)N. The first-order valence-electron chi connectivity index (χ1n) is 6.78. The van der Waals surface area contributed by atoms with E-state index in [1.807, 2.05) is 11.6 Å². The molecule has 19 heavy (non-hydrogen) atoms. The first-order chi connectivity index (χ1) is 8.90. The van der Waals surface area contributed by atoms with E-state index >= 15 is 0 Å². The van der Waals surface area contributed by atoms with Gasteiger partial charge in [-0.1, -0.05) is 6.07 Å². The van der Waals surface area contributed by atoms with Gasteiger partial charge in [-0.3, -0.25) is 0 Å². The Balaban J connectivity index is 2.41. The first-order valence-corrected chi connectivity index (χ1v) is 6.78. The summed E-state index contributed by atoms with van der Waals surface area (Å²) < 4.78 is 2.02. The molecule has 2 aromatic rings. The maximum Gasteiger partial charge on any atom is 0.0651 e. The second-order valence-electron chi connectivity index (χ2n) is 5.50. The van der Waals surface area contributed by atoms with E-state index in [1.54, 1.807) is 0 Å². The molecule has 0 saturated heterocycles. The van der Waals surface area contributed by atoms with Crippen LogP contribution in [0.3, 0.4) is 0 Å². The smallest absolute Gasteiger partial charge is 0.0651 e. The van der Waals surface area contributed by atoms with Crippen molar-refractivity contribution < 1.29 is 0 Å². The average molecular weight is 257 g/mol. The number of nitrogens with two attached hydrogens (primary N) is 1. The standard InChI is InChI=1S/C16H23N3/c1-10-8-16(7-6-15(10)9-11(2)17)19-14(5)12(3)13(4)18-19/h6-8,11H,9,17H2,1-5H3. The topological polar surface area (TPSA) is 43.8 Å². The van der Waals surface area contributed by atoms with Crippen molar-refractivity contribution in [2.45, 2.75) is 47.1 Å². The van der Waals surface area contributed by atoms with E-state index in [2.05, 4.69) is 51.0 Å². The van der Waals surface area contributed by atoms with Gasteiger partial charge in [0.2, 0.25) is 0 Å². The molecule has 102 valence electrons. The van der Waals surface area contributed by atoms with Crippen molar-refractivity contribution >= 4 is 0 Å². The molecule has 2 rings (SSSR count). The largest absolute Gasteiger partial charge is 0.328 e. The number of hydrogen-bond acceptors (Lipinski definition) is 2. The molecule has 1 heterocycles. The van der Waals surface area contributed by atoms with E-state index < -0.39 is 0 Å². The highest BCUT2D eigenvalue weighted by molar-refractivity contribution is 5.42. The summed E-state index contributed by atoms with van der Waals surface area (Å²) in [5, 5.41) is 4.60. The molecule has 1 aromatic heterocycles. The zero-order valence-electron chi connectivity index (χ0n) is 12.5. The molecule has 0 radical (unpaired) electrons. The minimum absolute atomic E-state index is 0.195. The Morgan fingerprint density at radius 3 is 2.37 bits per heavy atom. The van der Waals surface area contributed by atoms with Gasteiger partial charge >= 0.3 is 0 Å². The van der Waals surface area contributed by atoms with Crippen LogP contribution >= 0.6 is 0 Å². The second kappa shape index (κ2) is 5.17. The minimum Gasteiger partial charge on any atom is -0.328 e. The van der Waals surface area contributed by atoms with Crippen molar-refractivity contribution in [1.29, 1.82) is 0 Å². The van der Waals surface area contributed by atoms with Crippen LogP contribution in [-0.2, 0) is 6.42 Å². The maximum atomic E-state index is 5.87. The predicted octanol–water partition coefficient (Wildman–Crippen LogP) is 3.00. The fourth-order valence-corrected chi connectivity index (χ4v) is 2.36. The summed E-state index contributed by atoms with van der Waals surface area (Å²) >= 11 is 0. The van der Waals surface area contributed by atoms with Crippen LogP contribution in [0.25, 0.3) is 5.69 Å². The molecule has 1 unspecified atom stereocenters. The number of aryl methyl sites for hydroxylation is 2. The Hall–Kier alpha value is -1.61. The lowest BCUT2D eigenvalue weighted by molar-refractivity contribution is 0.733. The van der Waals surface area contributed by atoms with Crippen molar-refractivity contribution in [3.05, 3.63) is 46.3 Å². The van der Waals surface area contributed by atoms with Gasteiger partial charge in [-0.05, 0) is 69.9 Å². The molecule has 0 saturated carbocycles. The third kappa shape index (κ3) is 2.71. The minimum atomic E-state index is 0.195. The van der Waals surface area contributed by atoms with Crippen molar-refractivity contribution in [2.75, 3.05) is 0 Å². The zero-order chi connectivity index (χ0) is 14.2. The fourth-order valence-electron chi connectivity index (χ4n) is 2.36. The Kier molecular flexibility index (Phi) is 3.76. The monoisotopic (exact) mass is 257 g/mol. The van der Waals surface area contributed by atoms with Crippen LogP contribution in [0.15, 0.2) is 18.2 Å². The Bertz CT molecular complexity index is 594. The molecule has 1 atom stereocenters. The number of aromatic nitrogens is 2. The summed E-state index contributed by atoms with van der Waals surface area (Å²) in [6.45, 7) is 10.5. The molecule has 3 nitrogen and oxygen atoms in total. The van der Waals surface area contributed by atoms with E-state index in [0.717, 1.165) is 17.8 Å². The normalized spacial score (nSPS) is 12.7. The second-order valence-corrected chi connectivity index (χ2v) is 5.50. The third-order valence-electron chi connectivity index (χ3n) is 3.77. The van der Waals surface area contributed by atoms with Crippen LogP contribution in [0.4, 0.5) is 0 Å². The van der Waals surface area contributed by atoms with E-state index in [9.17, 15) is 0 Å². The zero-order valence-corrected chi connectivity index (χ0v) is 12.5. The van der Waals surface area contributed by atoms with Crippen LogP contribution in [0, 0.1) is 27.7 Å². The summed E-state index contributed by atoms with van der Waals surface area (Å²) in [5.41, 5.74) is 13.2. The number of nitrogens with zero attached hydrogens (tertiary/aromatic N) is 2. The molecule has 1 aromatic carbocycles. The van der Waals surface area contributed by atoms with Crippen LogP contribution in [0.5, 0.6) is 0 Å². The van der Waals surface area contributed by atoms with Gasteiger partial charge in [-0.25, -0.2) is 4.68 Å². The maximum absolute atomic E-state index is 5.87. The first kappa shape index (κ1) is 13.8. The van der Waals surface area contributed by atoms with E-state index in [4.69, 9.17) is 5.73 Å². The van der Waals surface area contributed by atoms with Crippen molar-refractivity contribution in [1.82, 2.24) is 9.78 Å². The molecule has 0 aliphatic rings. The van der Waals surface area contributed by atoms with Gasteiger partial charge in [-0.15, -0.1) is 0 Å². The molecule has 3 heteroatoms. The molecule has 2 N–H and O–H groups in total. The molecule has 0 fully saturated rings. The fraction of sp³-hybridized carbons (Fsp3) is 0.438. The number of rotatable bonds is 3. The van der Waals surface area contributed by atoms with Crippen molar-refractivity contribution in [3.8, 4) is 5.69 Å². The Morgan fingerprint density at radius 2 is 1.89 bits per heavy atom. The van der Waals surface area contributed by atoms with Crippen molar-refractivity contribution in [3.63, 3.8) is 0 Å². The van der Waals surface area contributed by atoms with Gasteiger partial charge in [0.25, 0.3) is 0 Å². The van der Waals surface area contributed by atoms with Crippen LogP contribution in [0.1, 0.15) is 35.0 Å². The van der Waals surface area contributed by atoms with E-state index in [0.29, 0.717) is 0 Å². The van der Waals surface area contributed by atoms with Crippen LogP contribution < -0.4 is 5.73 Å². The lowest BCUT2D eigenvalue weighted by Crippen LogP contribution is -2.18. The predicted molar refractivity (Wildman–Crippen MR) is 79.9 cm³/mol. The molecular formula is C16H23N3. The highest BCUT2D eigenvalue weighted by Crippen LogP contribution is 2.20. The third-order valence-corrected chi connectivity index (χ3v) is 3.77. The Morgan fingerprint density at radius 1 is 1.21 bits per heavy atom. The van der Waals surface area contributed by atoms with E-state index in [1.165, 1.54) is 22.4 Å². The summed E-state index contributed by atoms with van der Waals surface area (Å²) in [5.74, 6) is 0. The van der Waals surface area contributed by atoms with Crippen LogP contribution in [0.2, 0.25) is 0 Å². The van der Waals surface area contributed by atoms with Gasteiger partial charge in [0.05, 0.1) is 11.4 Å². The van der Waals surface area contributed by atoms with Crippen molar-refractivity contribution in [2.24, 2.45) is 5.73 Å². The molecule has 0 aliphatic carbocycles. The highest BCUT2D eigenvalue weighted by atomic mass is 15.3. The summed E-state index contributed by atoms with van der Waals surface area (Å²) in [6, 6.07) is 6.68. The summed E-state index contributed by atoms with van der Waals surface area (Å²) in [4.78, 5) is 0. The quantitative estimate of drug-likeness (QED) is 0.918. The number of hydrogen-bond donors (Lipinski definition) is 1. The van der Waals surface area contributed by atoms with Gasteiger partial charge in [-0.2, -0.15) is 5.10 Å². The van der Waals surface area contributed by atoms with Gasteiger partial charge < -0.3 is 5.73 Å². The average Bonchev–Trinajstić information content (AvgIpc) is 2.59. The van der Waals surface area contributed by atoms with E-state index in [-0.39, 0.29) is 6.04 Å². The molecule has 0 aliphatic heterocycles. The number of benzene rings is 1. The lowest BCUT2D eigenvalue weighted by Gasteiger charge is -2.11.